The van der Waals surface area contributed by atoms with Gasteiger partial charge in [0.15, 0.2) is 5.82 Å². The van der Waals surface area contributed by atoms with Gasteiger partial charge in [-0.1, -0.05) is 19.3 Å². The van der Waals surface area contributed by atoms with Crippen molar-refractivity contribution in [1.82, 2.24) is 15.1 Å². The van der Waals surface area contributed by atoms with Crippen LogP contribution in [0.1, 0.15) is 89.8 Å². The van der Waals surface area contributed by atoms with E-state index in [-0.39, 0.29) is 29.8 Å². The number of nitrogens with zero attached hydrogens (tertiary/aromatic N) is 2. The second kappa shape index (κ2) is 9.57. The van der Waals surface area contributed by atoms with Crippen LogP contribution in [0.2, 0.25) is 0 Å². The minimum Gasteiger partial charge on any atom is -0.353 e. The van der Waals surface area contributed by atoms with Gasteiger partial charge >= 0.3 is 0 Å². The molecular formula is C22H36N4O2. The number of anilines is 1. The molecule has 28 heavy (non-hydrogen) atoms. The lowest BCUT2D eigenvalue weighted by Gasteiger charge is -2.29. The number of aryl methyl sites for hydroxylation is 1. The molecule has 1 heterocycles. The van der Waals surface area contributed by atoms with Gasteiger partial charge in [0.05, 0.1) is 0 Å². The fraction of sp³-hybridized carbons (Fsp3) is 0.773. The van der Waals surface area contributed by atoms with Gasteiger partial charge in [0, 0.05) is 36.2 Å². The minimum atomic E-state index is 0.0102. The molecule has 2 aliphatic rings. The molecular weight excluding hydrogens is 352 g/mol. The molecule has 0 radical (unpaired) electrons. The fourth-order valence-corrected chi connectivity index (χ4v) is 4.74. The van der Waals surface area contributed by atoms with Crippen molar-refractivity contribution in [2.75, 3.05) is 5.32 Å². The van der Waals surface area contributed by atoms with Gasteiger partial charge < -0.3 is 10.6 Å². The van der Waals surface area contributed by atoms with Crippen LogP contribution in [0.4, 0.5) is 5.82 Å². The van der Waals surface area contributed by atoms with Crippen molar-refractivity contribution < 1.29 is 9.59 Å². The highest BCUT2D eigenvalue weighted by Gasteiger charge is 2.28. The highest BCUT2D eigenvalue weighted by Crippen LogP contribution is 2.28. The standard InChI is InChI=1S/C22H36N4O2/c1-15(2)26-16(3)13-20(25-26)24-22(28)18-9-11-19(12-10-18)23-21(27)14-17-7-5-4-6-8-17/h13,15,17-19H,4-12,14H2,1-3H3,(H,23,27)(H,24,25,28). The molecule has 1 aromatic heterocycles. The Hall–Kier alpha value is -1.85. The van der Waals surface area contributed by atoms with Crippen molar-refractivity contribution in [3.8, 4) is 0 Å². The Kier molecular flexibility index (Phi) is 7.13. The molecule has 3 rings (SSSR count). The summed E-state index contributed by atoms with van der Waals surface area (Å²) in [6.45, 7) is 6.16. The van der Waals surface area contributed by atoms with Crippen molar-refractivity contribution in [3.05, 3.63) is 11.8 Å². The van der Waals surface area contributed by atoms with Crippen molar-refractivity contribution in [2.24, 2.45) is 11.8 Å². The summed E-state index contributed by atoms with van der Waals surface area (Å²) in [4.78, 5) is 24.9. The van der Waals surface area contributed by atoms with Crippen molar-refractivity contribution in [1.29, 1.82) is 0 Å². The molecule has 6 nitrogen and oxygen atoms in total. The third-order valence-electron chi connectivity index (χ3n) is 6.32. The Labute approximate surface area is 168 Å². The van der Waals surface area contributed by atoms with Gasteiger partial charge in [-0.3, -0.25) is 14.3 Å². The first-order valence-electron chi connectivity index (χ1n) is 11.1. The highest BCUT2D eigenvalue weighted by molar-refractivity contribution is 5.91. The van der Waals surface area contributed by atoms with Gasteiger partial charge in [-0.2, -0.15) is 5.10 Å². The highest BCUT2D eigenvalue weighted by atomic mass is 16.2. The molecule has 0 atom stereocenters. The molecule has 2 fully saturated rings. The van der Waals surface area contributed by atoms with E-state index in [2.05, 4.69) is 29.6 Å². The Balaban J connectivity index is 1.41. The van der Waals surface area contributed by atoms with Gasteiger partial charge in [0.25, 0.3) is 0 Å². The minimum absolute atomic E-state index is 0.0102. The predicted molar refractivity (Wildman–Crippen MR) is 111 cm³/mol. The molecule has 0 aliphatic heterocycles. The Bertz CT molecular complexity index is 668. The van der Waals surface area contributed by atoms with Crippen LogP contribution in [0.5, 0.6) is 0 Å². The SMILES string of the molecule is Cc1cc(NC(=O)C2CCC(NC(=O)CC3CCCCC3)CC2)nn1C(C)C. The molecule has 1 aromatic rings. The number of aromatic nitrogens is 2. The molecule has 6 heteroatoms. The van der Waals surface area contributed by atoms with Crippen LogP contribution in [0, 0.1) is 18.8 Å². The van der Waals surface area contributed by atoms with Crippen LogP contribution in [0.3, 0.4) is 0 Å². The van der Waals surface area contributed by atoms with E-state index < -0.39 is 0 Å². The summed E-state index contributed by atoms with van der Waals surface area (Å²) in [5.74, 6) is 1.48. The van der Waals surface area contributed by atoms with Crippen LogP contribution in [0.15, 0.2) is 6.07 Å². The molecule has 2 N–H and O–H groups in total. The summed E-state index contributed by atoms with van der Waals surface area (Å²) in [6, 6.07) is 2.43. The summed E-state index contributed by atoms with van der Waals surface area (Å²) in [5.41, 5.74) is 1.05. The number of nitrogens with one attached hydrogen (secondary N) is 2. The third kappa shape index (κ3) is 5.58. The maximum Gasteiger partial charge on any atom is 0.228 e. The maximum atomic E-state index is 12.6. The van der Waals surface area contributed by atoms with E-state index >= 15 is 0 Å². The van der Waals surface area contributed by atoms with Gasteiger partial charge in [-0.25, -0.2) is 0 Å². The number of hydrogen-bond acceptors (Lipinski definition) is 3. The monoisotopic (exact) mass is 388 g/mol. The number of amides is 2. The van der Waals surface area contributed by atoms with E-state index in [9.17, 15) is 9.59 Å². The van der Waals surface area contributed by atoms with Crippen LogP contribution in [0.25, 0.3) is 0 Å². The van der Waals surface area contributed by atoms with Crippen molar-refractivity contribution >= 4 is 17.6 Å². The molecule has 0 spiro atoms. The van der Waals surface area contributed by atoms with Crippen LogP contribution in [-0.2, 0) is 9.59 Å². The largest absolute Gasteiger partial charge is 0.353 e. The van der Waals surface area contributed by atoms with E-state index in [1.165, 1.54) is 32.1 Å². The van der Waals surface area contributed by atoms with Crippen LogP contribution >= 0.6 is 0 Å². The number of hydrogen-bond donors (Lipinski definition) is 2. The Morgan fingerprint density at radius 2 is 1.79 bits per heavy atom. The molecule has 0 bridgehead atoms. The molecule has 0 saturated heterocycles. The molecule has 2 saturated carbocycles. The first kappa shape index (κ1) is 20.9. The third-order valence-corrected chi connectivity index (χ3v) is 6.32. The quantitative estimate of drug-likeness (QED) is 0.760. The van der Waals surface area contributed by atoms with Gasteiger partial charge in [0.1, 0.15) is 0 Å². The van der Waals surface area contributed by atoms with Gasteiger partial charge in [-0.15, -0.1) is 0 Å². The van der Waals surface area contributed by atoms with Crippen molar-refractivity contribution in [2.45, 2.75) is 97.1 Å². The zero-order valence-electron chi connectivity index (χ0n) is 17.7. The Morgan fingerprint density at radius 1 is 1.11 bits per heavy atom. The van der Waals surface area contributed by atoms with Gasteiger partial charge in [0.2, 0.25) is 11.8 Å². The molecule has 2 amide bonds. The summed E-state index contributed by atoms with van der Waals surface area (Å²) in [5, 5.41) is 10.7. The summed E-state index contributed by atoms with van der Waals surface area (Å²) >= 11 is 0. The molecule has 156 valence electrons. The fourth-order valence-electron chi connectivity index (χ4n) is 4.74. The molecule has 2 aliphatic carbocycles. The van der Waals surface area contributed by atoms with Crippen molar-refractivity contribution in [3.63, 3.8) is 0 Å². The van der Waals surface area contributed by atoms with E-state index in [1.54, 1.807) is 0 Å². The molecule has 0 aromatic carbocycles. The number of rotatable bonds is 6. The van der Waals surface area contributed by atoms with Gasteiger partial charge in [-0.05, 0) is 65.2 Å². The van der Waals surface area contributed by atoms with E-state index in [0.29, 0.717) is 18.2 Å². The lowest BCUT2D eigenvalue weighted by molar-refractivity contribution is -0.123. The second-order valence-electron chi connectivity index (χ2n) is 9.02. The van der Waals surface area contributed by atoms with Crippen LogP contribution in [-0.4, -0.2) is 27.6 Å². The zero-order chi connectivity index (χ0) is 20.1. The average Bonchev–Trinajstić information content (AvgIpc) is 3.03. The summed E-state index contributed by atoms with van der Waals surface area (Å²) in [7, 11) is 0. The second-order valence-corrected chi connectivity index (χ2v) is 9.02. The summed E-state index contributed by atoms with van der Waals surface area (Å²) in [6.07, 6.45) is 10.4. The predicted octanol–water partition coefficient (Wildman–Crippen LogP) is 4.36. The number of carbonyl (C=O) groups is 2. The lowest BCUT2D eigenvalue weighted by atomic mass is 9.84. The zero-order valence-corrected chi connectivity index (χ0v) is 17.7. The van der Waals surface area contributed by atoms with Crippen LogP contribution < -0.4 is 10.6 Å². The topological polar surface area (TPSA) is 76.0 Å². The average molecular weight is 389 g/mol. The van der Waals surface area contributed by atoms with E-state index in [4.69, 9.17) is 0 Å². The normalized spacial score (nSPS) is 23.6. The molecule has 0 unspecified atom stereocenters. The van der Waals surface area contributed by atoms with E-state index in [0.717, 1.165) is 31.4 Å². The Morgan fingerprint density at radius 3 is 2.39 bits per heavy atom. The summed E-state index contributed by atoms with van der Waals surface area (Å²) < 4.78 is 1.92. The smallest absolute Gasteiger partial charge is 0.228 e. The lowest BCUT2D eigenvalue weighted by Crippen LogP contribution is -2.40. The first-order chi connectivity index (χ1) is 13.4. The van der Waals surface area contributed by atoms with E-state index in [1.807, 2.05) is 17.7 Å². The maximum absolute atomic E-state index is 12.6. The first-order valence-corrected chi connectivity index (χ1v) is 11.1. The number of carbonyl (C=O) groups excluding carboxylic acids is 2.